The highest BCUT2D eigenvalue weighted by Crippen LogP contribution is 2.50. The zero-order chi connectivity index (χ0) is 20.1. The lowest BCUT2D eigenvalue weighted by Gasteiger charge is -2.40. The Balaban J connectivity index is 1.59. The van der Waals surface area contributed by atoms with E-state index < -0.39 is 0 Å². The molecule has 29 heavy (non-hydrogen) atoms. The second-order valence-electron chi connectivity index (χ2n) is 7.67. The third-order valence-corrected chi connectivity index (χ3v) is 6.04. The van der Waals surface area contributed by atoms with Crippen molar-refractivity contribution >= 4 is 5.97 Å². The van der Waals surface area contributed by atoms with Crippen LogP contribution in [0, 0.1) is 0 Å². The van der Waals surface area contributed by atoms with Gasteiger partial charge in [0, 0.05) is 24.1 Å². The predicted octanol–water partition coefficient (Wildman–Crippen LogP) is 3.15. The normalized spacial score (nSPS) is 21.8. The highest BCUT2D eigenvalue weighted by molar-refractivity contribution is 5.74. The first-order valence-electron chi connectivity index (χ1n) is 9.67. The number of hydrogen-bond donors (Lipinski definition) is 0. The average Bonchev–Trinajstić information content (AvgIpc) is 3.36. The molecule has 3 aliphatic rings. The molecule has 2 aromatic rings. The molecule has 3 heterocycles. The Labute approximate surface area is 169 Å². The van der Waals surface area contributed by atoms with Crippen molar-refractivity contribution in [2.45, 2.75) is 31.8 Å². The fourth-order valence-corrected chi connectivity index (χ4v) is 4.70. The summed E-state index contributed by atoms with van der Waals surface area (Å²) in [6.07, 6.45) is 0.188. The van der Waals surface area contributed by atoms with Gasteiger partial charge in [0.1, 0.15) is 0 Å². The van der Waals surface area contributed by atoms with Gasteiger partial charge in [-0.05, 0) is 41.9 Å². The maximum Gasteiger partial charge on any atom is 0.309 e. The number of benzene rings is 2. The minimum Gasteiger partial charge on any atom is -0.469 e. The number of fused-ring (bicyclic) bond motifs is 4. The molecule has 3 aliphatic heterocycles. The monoisotopic (exact) mass is 397 g/mol. The quantitative estimate of drug-likeness (QED) is 0.737. The molecule has 0 amide bonds. The predicted molar refractivity (Wildman–Crippen MR) is 103 cm³/mol. The molecule has 0 unspecified atom stereocenters. The van der Waals surface area contributed by atoms with Gasteiger partial charge < -0.3 is 23.7 Å². The van der Waals surface area contributed by atoms with Crippen LogP contribution in [0.1, 0.15) is 41.1 Å². The highest BCUT2D eigenvalue weighted by atomic mass is 16.7. The number of rotatable bonds is 3. The highest BCUT2D eigenvalue weighted by Gasteiger charge is 2.37. The maximum absolute atomic E-state index is 12.1. The van der Waals surface area contributed by atoms with E-state index >= 15 is 0 Å². The second kappa shape index (κ2) is 6.84. The van der Waals surface area contributed by atoms with Gasteiger partial charge in [-0.2, -0.15) is 0 Å². The number of esters is 1. The van der Waals surface area contributed by atoms with Crippen molar-refractivity contribution in [2.24, 2.45) is 0 Å². The molecule has 0 radical (unpaired) electrons. The second-order valence-corrected chi connectivity index (χ2v) is 7.67. The molecule has 0 bridgehead atoms. The Kier molecular flexibility index (Phi) is 4.28. The molecule has 152 valence electrons. The molecule has 7 heteroatoms. The lowest BCUT2D eigenvalue weighted by molar-refractivity contribution is -0.139. The fourth-order valence-electron chi connectivity index (χ4n) is 4.70. The lowest BCUT2D eigenvalue weighted by atomic mass is 9.79. The molecule has 0 aliphatic carbocycles. The zero-order valence-electron chi connectivity index (χ0n) is 16.7. The Morgan fingerprint density at radius 2 is 1.79 bits per heavy atom. The standard InChI is InChI=1S/C22H23NO6/c1-12-14-4-5-17-22(29-11-26-17)16(14)9-23(2)21(12)15-8-19-18(27-10-28-19)6-13(15)7-20(24)25-3/h4-6,8,12,21H,7,9-11H2,1-3H3/t12-,21-/m1/s1. The summed E-state index contributed by atoms with van der Waals surface area (Å²) in [5, 5.41) is 0. The van der Waals surface area contributed by atoms with Crippen molar-refractivity contribution in [1.29, 1.82) is 0 Å². The summed E-state index contributed by atoms with van der Waals surface area (Å²) in [5.74, 6) is 2.93. The van der Waals surface area contributed by atoms with Crippen molar-refractivity contribution < 1.29 is 28.5 Å². The van der Waals surface area contributed by atoms with Crippen LogP contribution in [0.3, 0.4) is 0 Å². The molecule has 0 aromatic heterocycles. The first-order valence-corrected chi connectivity index (χ1v) is 9.67. The number of methoxy groups -OCH3 is 1. The minimum atomic E-state index is -0.278. The molecule has 2 aromatic carbocycles. The van der Waals surface area contributed by atoms with Crippen molar-refractivity contribution in [2.75, 3.05) is 27.7 Å². The summed E-state index contributed by atoms with van der Waals surface area (Å²) in [5.41, 5.74) is 4.35. The smallest absolute Gasteiger partial charge is 0.309 e. The summed E-state index contributed by atoms with van der Waals surface area (Å²) in [6, 6.07) is 8.09. The topological polar surface area (TPSA) is 66.5 Å². The van der Waals surface area contributed by atoms with E-state index in [1.54, 1.807) is 0 Å². The van der Waals surface area contributed by atoms with E-state index in [2.05, 4.69) is 24.9 Å². The molecular weight excluding hydrogens is 374 g/mol. The first kappa shape index (κ1) is 18.1. The summed E-state index contributed by atoms with van der Waals surface area (Å²) in [4.78, 5) is 14.4. The minimum absolute atomic E-state index is 0.0667. The van der Waals surface area contributed by atoms with Crippen molar-refractivity contribution in [1.82, 2.24) is 4.90 Å². The summed E-state index contributed by atoms with van der Waals surface area (Å²) in [7, 11) is 3.50. The van der Waals surface area contributed by atoms with E-state index in [0.717, 1.165) is 29.2 Å². The number of ether oxygens (including phenoxy) is 5. The molecular formula is C22H23NO6. The summed E-state index contributed by atoms with van der Waals surface area (Å²) >= 11 is 0. The Morgan fingerprint density at radius 3 is 2.59 bits per heavy atom. The third kappa shape index (κ3) is 2.88. The Morgan fingerprint density at radius 1 is 1.07 bits per heavy atom. The van der Waals surface area contributed by atoms with Crippen LogP contribution in [0.5, 0.6) is 23.0 Å². The Hall–Kier alpha value is -2.93. The maximum atomic E-state index is 12.1. The van der Waals surface area contributed by atoms with Crippen LogP contribution in [0.25, 0.3) is 0 Å². The molecule has 0 saturated carbocycles. The van der Waals surface area contributed by atoms with Crippen LogP contribution in [-0.2, 0) is 22.5 Å². The average molecular weight is 397 g/mol. The fraction of sp³-hybridized carbons (Fsp3) is 0.409. The van der Waals surface area contributed by atoms with Gasteiger partial charge in [0.25, 0.3) is 0 Å². The van der Waals surface area contributed by atoms with E-state index in [1.165, 1.54) is 18.2 Å². The lowest BCUT2D eigenvalue weighted by Crippen LogP contribution is -2.34. The van der Waals surface area contributed by atoms with Gasteiger partial charge >= 0.3 is 5.97 Å². The van der Waals surface area contributed by atoms with Gasteiger partial charge in [-0.1, -0.05) is 13.0 Å². The van der Waals surface area contributed by atoms with Crippen LogP contribution in [0.2, 0.25) is 0 Å². The molecule has 2 atom stereocenters. The van der Waals surface area contributed by atoms with E-state index in [1.807, 2.05) is 18.2 Å². The SMILES string of the molecule is COC(=O)Cc1cc2c(cc1[C@H]1[C@H](C)c3ccc4c(c3CN1C)OCO4)OCO2. The molecule has 0 saturated heterocycles. The van der Waals surface area contributed by atoms with E-state index in [9.17, 15) is 4.79 Å². The number of likely N-dealkylation sites (N-methyl/N-ethyl adjacent to an activating group) is 1. The van der Waals surface area contributed by atoms with Crippen molar-refractivity contribution in [3.63, 3.8) is 0 Å². The molecule has 0 spiro atoms. The van der Waals surface area contributed by atoms with Gasteiger partial charge in [-0.25, -0.2) is 0 Å². The Bertz CT molecular complexity index is 988. The van der Waals surface area contributed by atoms with Crippen LogP contribution in [-0.4, -0.2) is 38.6 Å². The van der Waals surface area contributed by atoms with E-state index in [-0.39, 0.29) is 37.9 Å². The van der Waals surface area contributed by atoms with Gasteiger partial charge in [0.15, 0.2) is 23.0 Å². The van der Waals surface area contributed by atoms with Crippen molar-refractivity contribution in [3.8, 4) is 23.0 Å². The number of hydrogen-bond acceptors (Lipinski definition) is 7. The van der Waals surface area contributed by atoms with Crippen molar-refractivity contribution in [3.05, 3.63) is 46.5 Å². The third-order valence-electron chi connectivity index (χ3n) is 6.04. The molecule has 0 fully saturated rings. The van der Waals surface area contributed by atoms with E-state index in [4.69, 9.17) is 23.7 Å². The van der Waals surface area contributed by atoms with Crippen LogP contribution >= 0.6 is 0 Å². The zero-order valence-corrected chi connectivity index (χ0v) is 16.7. The van der Waals surface area contributed by atoms with Gasteiger partial charge in [0.2, 0.25) is 13.6 Å². The van der Waals surface area contributed by atoms with Crippen LogP contribution < -0.4 is 18.9 Å². The summed E-state index contributed by atoms with van der Waals surface area (Å²) < 4.78 is 27.4. The van der Waals surface area contributed by atoms with E-state index in [0.29, 0.717) is 11.5 Å². The summed E-state index contributed by atoms with van der Waals surface area (Å²) in [6.45, 7) is 3.38. The van der Waals surface area contributed by atoms with Gasteiger partial charge in [-0.3, -0.25) is 9.69 Å². The van der Waals surface area contributed by atoms with Crippen LogP contribution in [0.4, 0.5) is 0 Å². The first-order chi connectivity index (χ1) is 14.1. The van der Waals surface area contributed by atoms with Gasteiger partial charge in [-0.15, -0.1) is 0 Å². The largest absolute Gasteiger partial charge is 0.469 e. The van der Waals surface area contributed by atoms with Gasteiger partial charge in [0.05, 0.1) is 13.5 Å². The number of carbonyl (C=O) groups is 1. The molecule has 7 nitrogen and oxygen atoms in total. The number of nitrogens with zero attached hydrogens (tertiary/aromatic N) is 1. The number of carbonyl (C=O) groups excluding carboxylic acids is 1. The molecule has 0 N–H and O–H groups in total. The molecule has 5 rings (SSSR count). The van der Waals surface area contributed by atoms with Crippen LogP contribution in [0.15, 0.2) is 24.3 Å².